The Morgan fingerprint density at radius 3 is 2.50 bits per heavy atom. The first-order valence-electron chi connectivity index (χ1n) is 6.29. The number of rotatable bonds is 3. The minimum Gasteiger partial charge on any atom is -0.507 e. The number of benzene rings is 2. The van der Waals surface area contributed by atoms with Crippen LogP contribution in [0, 0.1) is 0 Å². The van der Waals surface area contributed by atoms with Gasteiger partial charge in [-0.25, -0.2) is 0 Å². The number of hydrogen-bond donors (Lipinski definition) is 2. The van der Waals surface area contributed by atoms with Crippen LogP contribution in [0.1, 0.15) is 0 Å². The second-order valence-electron chi connectivity index (χ2n) is 4.40. The largest absolute Gasteiger partial charge is 0.507 e. The Balaban J connectivity index is 2.11. The summed E-state index contributed by atoms with van der Waals surface area (Å²) in [6.07, 6.45) is 0. The summed E-state index contributed by atoms with van der Waals surface area (Å²) in [7, 11) is 1.45. The number of aromatic nitrogens is 2. The number of aromatic hydroxyl groups is 2. The number of phenols is 2. The lowest BCUT2D eigenvalue weighted by atomic mass is 10.2. The van der Waals surface area contributed by atoms with E-state index in [1.807, 2.05) is 0 Å². The van der Waals surface area contributed by atoms with Crippen molar-refractivity contribution in [3.8, 4) is 40.2 Å². The molecule has 0 aliphatic rings. The van der Waals surface area contributed by atoms with Gasteiger partial charge in [0.15, 0.2) is 11.5 Å². The van der Waals surface area contributed by atoms with Crippen molar-refractivity contribution in [2.45, 2.75) is 0 Å². The predicted molar refractivity (Wildman–Crippen MR) is 82.8 cm³/mol. The molecule has 0 fully saturated rings. The molecule has 0 aliphatic heterocycles. The normalized spacial score (nSPS) is 10.6. The second kappa shape index (κ2) is 5.69. The third kappa shape index (κ3) is 2.39. The number of nitrogens with zero attached hydrogens (tertiary/aromatic N) is 2. The molecule has 7 heteroatoms. The van der Waals surface area contributed by atoms with E-state index in [0.29, 0.717) is 21.3 Å². The van der Waals surface area contributed by atoms with Gasteiger partial charge in [0.1, 0.15) is 5.75 Å². The fourth-order valence-electron chi connectivity index (χ4n) is 2.00. The van der Waals surface area contributed by atoms with Crippen LogP contribution >= 0.6 is 15.9 Å². The van der Waals surface area contributed by atoms with E-state index in [9.17, 15) is 10.2 Å². The van der Waals surface area contributed by atoms with Crippen molar-refractivity contribution in [3.05, 3.63) is 40.9 Å². The van der Waals surface area contributed by atoms with E-state index in [1.54, 1.807) is 30.3 Å². The molecule has 112 valence electrons. The van der Waals surface area contributed by atoms with Crippen molar-refractivity contribution in [2.75, 3.05) is 7.11 Å². The van der Waals surface area contributed by atoms with Crippen molar-refractivity contribution in [2.24, 2.45) is 0 Å². The number of para-hydroxylation sites is 1. The summed E-state index contributed by atoms with van der Waals surface area (Å²) in [5.41, 5.74) is 0.744. The van der Waals surface area contributed by atoms with Gasteiger partial charge < -0.3 is 19.4 Å². The van der Waals surface area contributed by atoms with Crippen LogP contribution < -0.4 is 4.74 Å². The minimum atomic E-state index is -0.107. The van der Waals surface area contributed by atoms with Gasteiger partial charge in [0, 0.05) is 4.47 Å². The molecule has 0 amide bonds. The van der Waals surface area contributed by atoms with Gasteiger partial charge in [-0.15, -0.1) is 10.2 Å². The van der Waals surface area contributed by atoms with Crippen molar-refractivity contribution in [3.63, 3.8) is 0 Å². The molecular weight excluding hydrogens is 352 g/mol. The summed E-state index contributed by atoms with van der Waals surface area (Å²) >= 11 is 3.33. The molecule has 6 nitrogen and oxygen atoms in total. The lowest BCUT2D eigenvalue weighted by Gasteiger charge is -2.07. The van der Waals surface area contributed by atoms with Crippen molar-refractivity contribution >= 4 is 15.9 Å². The minimum absolute atomic E-state index is 0.0339. The van der Waals surface area contributed by atoms with Gasteiger partial charge in [0.2, 0.25) is 0 Å². The molecule has 1 heterocycles. The highest BCUT2D eigenvalue weighted by atomic mass is 79.9. The maximum absolute atomic E-state index is 10.2. The summed E-state index contributed by atoms with van der Waals surface area (Å²) in [5, 5.41) is 27.9. The van der Waals surface area contributed by atoms with Crippen LogP contribution in [0.3, 0.4) is 0 Å². The van der Waals surface area contributed by atoms with Crippen LogP contribution in [0.4, 0.5) is 0 Å². The molecule has 3 rings (SSSR count). The van der Waals surface area contributed by atoms with E-state index in [2.05, 4.69) is 26.1 Å². The third-order valence-electron chi connectivity index (χ3n) is 3.08. The molecule has 0 saturated heterocycles. The second-order valence-corrected chi connectivity index (χ2v) is 5.26. The SMILES string of the molecule is COc1ccc(Br)c(-c2nnc(-c3ccccc3O)o2)c1O. The van der Waals surface area contributed by atoms with Crippen molar-refractivity contribution < 1.29 is 19.4 Å². The molecule has 1 aromatic heterocycles. The first kappa shape index (κ1) is 14.4. The van der Waals surface area contributed by atoms with E-state index in [1.165, 1.54) is 13.2 Å². The fourth-order valence-corrected chi connectivity index (χ4v) is 2.49. The lowest BCUT2D eigenvalue weighted by molar-refractivity contribution is 0.373. The average molecular weight is 363 g/mol. The highest BCUT2D eigenvalue weighted by molar-refractivity contribution is 9.10. The molecule has 0 unspecified atom stereocenters. The molecule has 3 aromatic rings. The smallest absolute Gasteiger partial charge is 0.253 e. The van der Waals surface area contributed by atoms with Crippen LogP contribution in [0.15, 0.2) is 45.3 Å². The van der Waals surface area contributed by atoms with Crippen LogP contribution in [0.25, 0.3) is 22.9 Å². The molecule has 2 aromatic carbocycles. The number of halogens is 1. The summed E-state index contributed by atoms with van der Waals surface area (Å²) in [6, 6.07) is 9.95. The summed E-state index contributed by atoms with van der Waals surface area (Å²) in [6.45, 7) is 0. The molecule has 22 heavy (non-hydrogen) atoms. The van der Waals surface area contributed by atoms with Crippen LogP contribution in [0.2, 0.25) is 0 Å². The Hall–Kier alpha value is -2.54. The predicted octanol–water partition coefficient (Wildman–Crippen LogP) is 3.59. The third-order valence-corrected chi connectivity index (χ3v) is 3.74. The van der Waals surface area contributed by atoms with Gasteiger partial charge in [0.25, 0.3) is 11.8 Å². The topological polar surface area (TPSA) is 88.6 Å². The van der Waals surface area contributed by atoms with Gasteiger partial charge in [-0.1, -0.05) is 12.1 Å². The molecule has 2 N–H and O–H groups in total. The Kier molecular flexibility index (Phi) is 3.72. The first-order valence-corrected chi connectivity index (χ1v) is 7.09. The van der Waals surface area contributed by atoms with Crippen LogP contribution in [0.5, 0.6) is 17.2 Å². The standard InChI is InChI=1S/C15H11BrN2O4/c1-21-11-7-6-9(16)12(13(11)20)15-18-17-14(22-15)8-4-2-3-5-10(8)19/h2-7,19-20H,1H3. The van der Waals surface area contributed by atoms with E-state index < -0.39 is 0 Å². The Morgan fingerprint density at radius 2 is 1.77 bits per heavy atom. The van der Waals surface area contributed by atoms with Gasteiger partial charge >= 0.3 is 0 Å². The van der Waals surface area contributed by atoms with E-state index in [0.717, 1.165) is 0 Å². The van der Waals surface area contributed by atoms with E-state index in [-0.39, 0.29) is 23.3 Å². The maximum atomic E-state index is 10.2. The molecule has 0 saturated carbocycles. The quantitative estimate of drug-likeness (QED) is 0.740. The van der Waals surface area contributed by atoms with Gasteiger partial charge in [0.05, 0.1) is 18.2 Å². The zero-order valence-electron chi connectivity index (χ0n) is 11.4. The molecule has 0 aliphatic carbocycles. The van der Waals surface area contributed by atoms with Gasteiger partial charge in [-0.3, -0.25) is 0 Å². The fraction of sp³-hybridized carbons (Fsp3) is 0.0667. The molecule has 0 atom stereocenters. The van der Waals surface area contributed by atoms with Gasteiger partial charge in [-0.05, 0) is 40.2 Å². The van der Waals surface area contributed by atoms with Crippen molar-refractivity contribution in [1.29, 1.82) is 0 Å². The Morgan fingerprint density at radius 1 is 1.05 bits per heavy atom. The summed E-state index contributed by atoms with van der Waals surface area (Å²) < 4.78 is 11.2. The highest BCUT2D eigenvalue weighted by Gasteiger charge is 2.20. The molecule has 0 spiro atoms. The maximum Gasteiger partial charge on any atom is 0.253 e. The summed E-state index contributed by atoms with van der Waals surface area (Å²) in [4.78, 5) is 0. The van der Waals surface area contributed by atoms with Crippen LogP contribution in [-0.2, 0) is 0 Å². The van der Waals surface area contributed by atoms with Crippen LogP contribution in [-0.4, -0.2) is 27.5 Å². The molecule has 0 radical (unpaired) electrons. The first-order chi connectivity index (χ1) is 10.6. The zero-order valence-corrected chi connectivity index (χ0v) is 13.0. The zero-order chi connectivity index (χ0) is 15.7. The van der Waals surface area contributed by atoms with Crippen molar-refractivity contribution in [1.82, 2.24) is 10.2 Å². The number of phenolic OH excluding ortho intramolecular Hbond substituents is 2. The molecule has 0 bridgehead atoms. The Labute approximate surface area is 134 Å². The molecular formula is C15H11BrN2O4. The number of ether oxygens (including phenoxy) is 1. The monoisotopic (exact) mass is 362 g/mol. The van der Waals surface area contributed by atoms with Gasteiger partial charge in [-0.2, -0.15) is 0 Å². The number of hydrogen-bond acceptors (Lipinski definition) is 6. The van der Waals surface area contributed by atoms with E-state index >= 15 is 0 Å². The highest BCUT2D eigenvalue weighted by Crippen LogP contribution is 2.42. The number of methoxy groups -OCH3 is 1. The Bertz CT molecular complexity index is 832. The van der Waals surface area contributed by atoms with E-state index in [4.69, 9.17) is 9.15 Å². The lowest BCUT2D eigenvalue weighted by Crippen LogP contribution is -1.88. The average Bonchev–Trinajstić information content (AvgIpc) is 2.97. The summed E-state index contributed by atoms with van der Waals surface area (Å²) in [5.74, 6) is 0.486.